The van der Waals surface area contributed by atoms with Gasteiger partial charge in [0.25, 0.3) is 0 Å². The molecule has 114 valence electrons. The van der Waals surface area contributed by atoms with Gasteiger partial charge in [-0.2, -0.15) is 5.10 Å². The van der Waals surface area contributed by atoms with Gasteiger partial charge in [0.1, 0.15) is 0 Å². The summed E-state index contributed by atoms with van der Waals surface area (Å²) in [5.74, 6) is 0.699. The highest BCUT2D eigenvalue weighted by Crippen LogP contribution is 2.23. The number of aromatic nitrogens is 3. The summed E-state index contributed by atoms with van der Waals surface area (Å²) in [5.41, 5.74) is 3.18. The van der Waals surface area contributed by atoms with E-state index >= 15 is 0 Å². The van der Waals surface area contributed by atoms with E-state index in [4.69, 9.17) is 0 Å². The number of aliphatic hydroxyl groups is 1. The third-order valence-electron chi connectivity index (χ3n) is 4.50. The molecule has 0 amide bonds. The molecule has 0 atom stereocenters. The van der Waals surface area contributed by atoms with Crippen molar-refractivity contribution in [3.05, 3.63) is 23.5 Å². The van der Waals surface area contributed by atoms with Gasteiger partial charge in [0, 0.05) is 25.2 Å². The Bertz CT molecular complexity index is 614. The summed E-state index contributed by atoms with van der Waals surface area (Å²) in [6.45, 7) is 3.89. The summed E-state index contributed by atoms with van der Waals surface area (Å²) in [5, 5.41) is 18.6. The van der Waals surface area contributed by atoms with E-state index in [-0.39, 0.29) is 6.10 Å². The fourth-order valence-electron chi connectivity index (χ4n) is 3.22. The van der Waals surface area contributed by atoms with E-state index in [1.165, 1.54) is 5.56 Å². The molecule has 3 rings (SSSR count). The SMILES string of the molecule is Cc1nn(C)c2ncc(CNCC3CCC(O)CC3)cc12. The van der Waals surface area contributed by atoms with Crippen molar-refractivity contribution >= 4 is 11.0 Å². The van der Waals surface area contributed by atoms with Crippen molar-refractivity contribution in [3.8, 4) is 0 Å². The maximum atomic E-state index is 9.52. The van der Waals surface area contributed by atoms with Gasteiger partial charge >= 0.3 is 0 Å². The molecule has 0 spiro atoms. The van der Waals surface area contributed by atoms with Crippen LogP contribution in [0.15, 0.2) is 12.3 Å². The molecular weight excluding hydrogens is 264 g/mol. The normalized spacial score (nSPS) is 22.8. The average molecular weight is 288 g/mol. The van der Waals surface area contributed by atoms with Crippen molar-refractivity contribution in [2.75, 3.05) is 6.54 Å². The lowest BCUT2D eigenvalue weighted by molar-refractivity contribution is 0.108. The fraction of sp³-hybridized carbons (Fsp3) is 0.625. The van der Waals surface area contributed by atoms with E-state index in [1.54, 1.807) is 0 Å². The Morgan fingerprint density at radius 2 is 2.10 bits per heavy atom. The second-order valence-corrected chi connectivity index (χ2v) is 6.23. The predicted octanol–water partition coefficient (Wildman–Crippen LogP) is 1.92. The minimum atomic E-state index is -0.0681. The van der Waals surface area contributed by atoms with Crippen molar-refractivity contribution in [3.63, 3.8) is 0 Å². The van der Waals surface area contributed by atoms with Crippen LogP contribution in [0.4, 0.5) is 0 Å². The zero-order valence-corrected chi connectivity index (χ0v) is 12.8. The summed E-state index contributed by atoms with van der Waals surface area (Å²) in [6, 6.07) is 2.18. The van der Waals surface area contributed by atoms with Gasteiger partial charge in [-0.05, 0) is 56.7 Å². The average Bonchev–Trinajstić information content (AvgIpc) is 2.76. The highest BCUT2D eigenvalue weighted by Gasteiger charge is 2.18. The maximum Gasteiger partial charge on any atom is 0.157 e. The number of nitrogens with zero attached hydrogens (tertiary/aromatic N) is 3. The number of aryl methyl sites for hydroxylation is 2. The Kier molecular flexibility index (Phi) is 4.22. The number of aliphatic hydroxyl groups excluding tert-OH is 1. The number of fused-ring (bicyclic) bond motifs is 1. The smallest absolute Gasteiger partial charge is 0.157 e. The largest absolute Gasteiger partial charge is 0.393 e. The van der Waals surface area contributed by atoms with E-state index < -0.39 is 0 Å². The summed E-state index contributed by atoms with van der Waals surface area (Å²) in [4.78, 5) is 4.50. The van der Waals surface area contributed by atoms with Gasteiger partial charge in [-0.3, -0.25) is 4.68 Å². The van der Waals surface area contributed by atoms with E-state index in [0.717, 1.165) is 55.5 Å². The van der Waals surface area contributed by atoms with Crippen LogP contribution in [0.25, 0.3) is 11.0 Å². The number of nitrogens with one attached hydrogen (secondary N) is 1. The van der Waals surface area contributed by atoms with Gasteiger partial charge in [0.15, 0.2) is 5.65 Å². The van der Waals surface area contributed by atoms with Crippen LogP contribution in [0.1, 0.15) is 36.9 Å². The first-order chi connectivity index (χ1) is 10.1. The molecular formula is C16H24N4O. The van der Waals surface area contributed by atoms with Crippen molar-refractivity contribution in [2.24, 2.45) is 13.0 Å². The summed E-state index contributed by atoms with van der Waals surface area (Å²) in [6.07, 6.45) is 6.03. The molecule has 1 aliphatic rings. The van der Waals surface area contributed by atoms with Crippen LogP contribution in [0.3, 0.4) is 0 Å². The predicted molar refractivity (Wildman–Crippen MR) is 82.9 cm³/mol. The quantitative estimate of drug-likeness (QED) is 0.902. The molecule has 0 bridgehead atoms. The molecule has 0 radical (unpaired) electrons. The van der Waals surface area contributed by atoms with Crippen LogP contribution < -0.4 is 5.32 Å². The third kappa shape index (κ3) is 3.24. The molecule has 2 heterocycles. The molecule has 1 fully saturated rings. The molecule has 1 aliphatic carbocycles. The zero-order chi connectivity index (χ0) is 14.8. The van der Waals surface area contributed by atoms with Crippen molar-refractivity contribution in [2.45, 2.75) is 45.3 Å². The van der Waals surface area contributed by atoms with E-state index in [9.17, 15) is 5.11 Å². The molecule has 0 saturated heterocycles. The van der Waals surface area contributed by atoms with Crippen LogP contribution in [0, 0.1) is 12.8 Å². The number of rotatable bonds is 4. The van der Waals surface area contributed by atoms with Gasteiger partial charge < -0.3 is 10.4 Å². The molecule has 21 heavy (non-hydrogen) atoms. The van der Waals surface area contributed by atoms with Crippen molar-refractivity contribution in [1.82, 2.24) is 20.1 Å². The molecule has 0 aromatic carbocycles. The van der Waals surface area contributed by atoms with Crippen LogP contribution >= 0.6 is 0 Å². The first-order valence-corrected chi connectivity index (χ1v) is 7.80. The van der Waals surface area contributed by atoms with Crippen molar-refractivity contribution in [1.29, 1.82) is 0 Å². The van der Waals surface area contributed by atoms with Crippen LogP contribution in [0.2, 0.25) is 0 Å². The highest BCUT2D eigenvalue weighted by atomic mass is 16.3. The van der Waals surface area contributed by atoms with E-state index in [2.05, 4.69) is 21.5 Å². The molecule has 0 unspecified atom stereocenters. The Hall–Kier alpha value is -1.46. The second-order valence-electron chi connectivity index (χ2n) is 6.23. The molecule has 0 aliphatic heterocycles. The minimum Gasteiger partial charge on any atom is -0.393 e. The summed E-state index contributed by atoms with van der Waals surface area (Å²) in [7, 11) is 1.93. The molecule has 1 saturated carbocycles. The van der Waals surface area contributed by atoms with Crippen LogP contribution in [-0.4, -0.2) is 32.5 Å². The van der Waals surface area contributed by atoms with Crippen molar-refractivity contribution < 1.29 is 5.11 Å². The van der Waals surface area contributed by atoms with Crippen LogP contribution in [-0.2, 0) is 13.6 Å². The highest BCUT2D eigenvalue weighted by molar-refractivity contribution is 5.78. The molecule has 2 aromatic rings. The molecule has 5 heteroatoms. The molecule has 5 nitrogen and oxygen atoms in total. The molecule has 2 N–H and O–H groups in total. The first kappa shape index (κ1) is 14.5. The number of hydrogen-bond acceptors (Lipinski definition) is 4. The Balaban J connectivity index is 1.57. The number of hydrogen-bond donors (Lipinski definition) is 2. The summed E-state index contributed by atoms with van der Waals surface area (Å²) >= 11 is 0. The fourth-order valence-corrected chi connectivity index (χ4v) is 3.22. The van der Waals surface area contributed by atoms with Gasteiger partial charge in [-0.25, -0.2) is 4.98 Å². The van der Waals surface area contributed by atoms with Gasteiger partial charge in [-0.15, -0.1) is 0 Å². The summed E-state index contributed by atoms with van der Waals surface area (Å²) < 4.78 is 1.83. The Morgan fingerprint density at radius 3 is 2.86 bits per heavy atom. The van der Waals surface area contributed by atoms with Crippen LogP contribution in [0.5, 0.6) is 0 Å². The van der Waals surface area contributed by atoms with Gasteiger partial charge in [0.05, 0.1) is 11.8 Å². The topological polar surface area (TPSA) is 63.0 Å². The van der Waals surface area contributed by atoms with E-state index in [0.29, 0.717) is 5.92 Å². The standard InChI is InChI=1S/C16H24N4O/c1-11-15-7-13(10-18-16(15)20(2)19-11)9-17-8-12-3-5-14(21)6-4-12/h7,10,12,14,17,21H,3-6,8-9H2,1-2H3. The third-order valence-corrected chi connectivity index (χ3v) is 4.50. The zero-order valence-electron chi connectivity index (χ0n) is 12.8. The number of pyridine rings is 1. The first-order valence-electron chi connectivity index (χ1n) is 7.80. The van der Waals surface area contributed by atoms with E-state index in [1.807, 2.05) is 24.9 Å². The lowest BCUT2D eigenvalue weighted by Crippen LogP contribution is -2.27. The van der Waals surface area contributed by atoms with Gasteiger partial charge in [-0.1, -0.05) is 0 Å². The lowest BCUT2D eigenvalue weighted by Gasteiger charge is -2.25. The Labute approximate surface area is 125 Å². The Morgan fingerprint density at radius 1 is 1.33 bits per heavy atom. The monoisotopic (exact) mass is 288 g/mol. The minimum absolute atomic E-state index is 0.0681. The second kappa shape index (κ2) is 6.12. The maximum absolute atomic E-state index is 9.52. The molecule has 2 aromatic heterocycles. The van der Waals surface area contributed by atoms with Gasteiger partial charge in [0.2, 0.25) is 0 Å². The lowest BCUT2D eigenvalue weighted by atomic mass is 9.87.